The van der Waals surface area contributed by atoms with Crippen LogP contribution in [-0.4, -0.2) is 44.9 Å². The summed E-state index contributed by atoms with van der Waals surface area (Å²) in [4.78, 5) is 22.9. The van der Waals surface area contributed by atoms with E-state index < -0.39 is 0 Å². The fraction of sp³-hybridized carbons (Fsp3) is 0.583. The molecule has 1 aliphatic rings. The third-order valence-electron chi connectivity index (χ3n) is 3.55. The van der Waals surface area contributed by atoms with Crippen LogP contribution in [0, 0.1) is 0 Å². The highest BCUT2D eigenvalue weighted by Crippen LogP contribution is 2.17. The molecule has 2 aromatic rings. The fourth-order valence-corrected chi connectivity index (χ4v) is 2.46. The lowest BCUT2D eigenvalue weighted by molar-refractivity contribution is 0.303. The maximum Gasteiger partial charge on any atom is 0.277 e. The fourth-order valence-electron chi connectivity index (χ4n) is 2.46. The minimum Gasteiger partial charge on any atom is -0.395 e. The van der Waals surface area contributed by atoms with E-state index in [4.69, 9.17) is 5.11 Å². The van der Waals surface area contributed by atoms with E-state index in [1.54, 1.807) is 11.9 Å². The van der Waals surface area contributed by atoms with E-state index in [1.165, 1.54) is 4.52 Å². The van der Waals surface area contributed by atoms with Crippen molar-refractivity contribution in [1.82, 2.24) is 19.6 Å². The third-order valence-corrected chi connectivity index (χ3v) is 3.55. The number of rotatable bonds is 3. The number of hydrogen-bond donors (Lipinski definition) is 2. The molecule has 3 rings (SSSR count). The number of nitrogens with one attached hydrogen (secondary N) is 1. The summed E-state index contributed by atoms with van der Waals surface area (Å²) in [5.41, 5.74) is 1.65. The molecule has 0 saturated carbocycles. The van der Waals surface area contributed by atoms with Crippen molar-refractivity contribution in [3.63, 3.8) is 0 Å². The summed E-state index contributed by atoms with van der Waals surface area (Å²) in [5.74, 6) is 0.950. The van der Waals surface area contributed by atoms with E-state index >= 15 is 0 Å². The van der Waals surface area contributed by atoms with Gasteiger partial charge in [-0.15, -0.1) is 0 Å². The number of aromatic nitrogens is 4. The number of nitrogens with zero attached hydrogens (tertiary/aromatic N) is 4. The van der Waals surface area contributed by atoms with Crippen LogP contribution in [0.25, 0.3) is 5.78 Å². The van der Waals surface area contributed by atoms with Crippen molar-refractivity contribution in [3.05, 3.63) is 21.6 Å². The lowest BCUT2D eigenvalue weighted by atomic mass is 9.97. The molecule has 0 unspecified atom stereocenters. The molecule has 2 heterocycles. The summed E-state index contributed by atoms with van der Waals surface area (Å²) in [6.45, 7) is 0.487. The molecule has 102 valence electrons. The van der Waals surface area contributed by atoms with Crippen molar-refractivity contribution in [1.29, 1.82) is 0 Å². The van der Waals surface area contributed by atoms with Crippen LogP contribution in [0.5, 0.6) is 0 Å². The van der Waals surface area contributed by atoms with Crippen molar-refractivity contribution >= 4 is 11.7 Å². The summed E-state index contributed by atoms with van der Waals surface area (Å²) in [5, 5.41) is 11.9. The smallest absolute Gasteiger partial charge is 0.277 e. The standard InChI is InChI=1S/C12H17N5O2/c1-16(6-7-18)12-14-11-13-9-5-3-2-4-8(9)10(19)17(11)15-12/h18H,2-7H2,1H3,(H,13,14,15). The van der Waals surface area contributed by atoms with Gasteiger partial charge in [0.1, 0.15) is 0 Å². The number of anilines is 1. The molecule has 2 N–H and O–H groups in total. The highest BCUT2D eigenvalue weighted by atomic mass is 16.3. The van der Waals surface area contributed by atoms with E-state index in [9.17, 15) is 4.79 Å². The molecule has 0 fully saturated rings. The topological polar surface area (TPSA) is 86.5 Å². The maximum atomic E-state index is 12.4. The highest BCUT2D eigenvalue weighted by molar-refractivity contribution is 5.40. The van der Waals surface area contributed by atoms with Gasteiger partial charge in [-0.3, -0.25) is 9.89 Å². The van der Waals surface area contributed by atoms with E-state index in [0.717, 1.165) is 36.9 Å². The van der Waals surface area contributed by atoms with Crippen LogP contribution in [0.3, 0.4) is 0 Å². The summed E-state index contributed by atoms with van der Waals surface area (Å²) in [6, 6.07) is 0. The maximum absolute atomic E-state index is 12.4. The summed E-state index contributed by atoms with van der Waals surface area (Å²) >= 11 is 0. The molecule has 0 spiro atoms. The Labute approximate surface area is 109 Å². The minimum absolute atomic E-state index is 0.0341. The number of aryl methyl sites for hydroxylation is 1. The molecule has 19 heavy (non-hydrogen) atoms. The largest absolute Gasteiger partial charge is 0.395 e. The van der Waals surface area contributed by atoms with Gasteiger partial charge in [-0.1, -0.05) is 0 Å². The Morgan fingerprint density at radius 2 is 2.16 bits per heavy atom. The molecule has 0 amide bonds. The van der Waals surface area contributed by atoms with Crippen molar-refractivity contribution in [2.45, 2.75) is 25.7 Å². The van der Waals surface area contributed by atoms with Crippen molar-refractivity contribution in [2.24, 2.45) is 0 Å². The first kappa shape index (κ1) is 12.2. The molecule has 2 aromatic heterocycles. The zero-order valence-corrected chi connectivity index (χ0v) is 10.9. The monoisotopic (exact) mass is 263 g/mol. The first-order valence-corrected chi connectivity index (χ1v) is 6.53. The number of aliphatic hydroxyl groups is 1. The Balaban J connectivity index is 2.12. The van der Waals surface area contributed by atoms with Gasteiger partial charge in [0.15, 0.2) is 0 Å². The van der Waals surface area contributed by atoms with Gasteiger partial charge in [-0.05, 0) is 25.7 Å². The van der Waals surface area contributed by atoms with Gasteiger partial charge in [-0.2, -0.15) is 9.50 Å². The predicted octanol–water partition coefficient (Wildman–Crippen LogP) is -0.275. The Bertz CT molecular complexity index is 660. The Morgan fingerprint density at radius 3 is 2.95 bits per heavy atom. The van der Waals surface area contributed by atoms with Gasteiger partial charge in [0, 0.05) is 19.2 Å². The van der Waals surface area contributed by atoms with E-state index in [0.29, 0.717) is 18.3 Å². The summed E-state index contributed by atoms with van der Waals surface area (Å²) in [7, 11) is 1.80. The van der Waals surface area contributed by atoms with E-state index in [2.05, 4.69) is 15.1 Å². The van der Waals surface area contributed by atoms with Gasteiger partial charge >= 0.3 is 0 Å². The van der Waals surface area contributed by atoms with Gasteiger partial charge in [0.2, 0.25) is 5.95 Å². The van der Waals surface area contributed by atoms with Gasteiger partial charge < -0.3 is 10.0 Å². The third kappa shape index (κ3) is 1.99. The quantitative estimate of drug-likeness (QED) is 0.795. The number of hydrogen-bond acceptors (Lipinski definition) is 5. The zero-order valence-electron chi connectivity index (χ0n) is 10.9. The number of likely N-dealkylation sites (N-methyl/N-ethyl adjacent to an activating group) is 1. The molecule has 0 saturated heterocycles. The predicted molar refractivity (Wildman–Crippen MR) is 70.6 cm³/mol. The van der Waals surface area contributed by atoms with Gasteiger partial charge in [0.05, 0.1) is 12.3 Å². The normalized spacial score (nSPS) is 14.6. The molecule has 1 aliphatic carbocycles. The van der Waals surface area contributed by atoms with Gasteiger partial charge in [0.25, 0.3) is 11.3 Å². The molecule has 0 bridgehead atoms. The zero-order chi connectivity index (χ0) is 13.4. The van der Waals surface area contributed by atoms with Crippen LogP contribution in [0.2, 0.25) is 0 Å². The van der Waals surface area contributed by atoms with Crippen LogP contribution in [0.1, 0.15) is 24.1 Å². The molecule has 7 heteroatoms. The van der Waals surface area contributed by atoms with Crippen LogP contribution in [-0.2, 0) is 12.8 Å². The van der Waals surface area contributed by atoms with Crippen LogP contribution < -0.4 is 10.5 Å². The Kier molecular flexibility index (Phi) is 2.98. The number of fused-ring (bicyclic) bond motifs is 2. The Hall–Kier alpha value is -1.89. The number of aliphatic hydroxyl groups excluding tert-OH is 1. The second kappa shape index (κ2) is 4.65. The second-order valence-corrected chi connectivity index (χ2v) is 4.88. The average Bonchev–Trinajstić information content (AvgIpc) is 2.84. The minimum atomic E-state index is -0.0455. The molecule has 0 aliphatic heterocycles. The molecule has 0 radical (unpaired) electrons. The SMILES string of the molecule is CN(CCO)c1nc2nc3c(c(=O)n2[nH]1)CCCC3. The van der Waals surface area contributed by atoms with Crippen molar-refractivity contribution in [2.75, 3.05) is 25.1 Å². The van der Waals surface area contributed by atoms with Crippen molar-refractivity contribution < 1.29 is 5.11 Å². The van der Waals surface area contributed by atoms with Crippen molar-refractivity contribution in [3.8, 4) is 0 Å². The molecule has 0 atom stereocenters. The summed E-state index contributed by atoms with van der Waals surface area (Å²) in [6.07, 6.45) is 3.78. The highest BCUT2D eigenvalue weighted by Gasteiger charge is 2.19. The first-order valence-electron chi connectivity index (χ1n) is 6.53. The average molecular weight is 263 g/mol. The first-order chi connectivity index (χ1) is 9.20. The molecule has 7 nitrogen and oxygen atoms in total. The second-order valence-electron chi connectivity index (χ2n) is 4.88. The Morgan fingerprint density at radius 1 is 1.37 bits per heavy atom. The molecule has 0 aromatic carbocycles. The van der Waals surface area contributed by atoms with E-state index in [1.807, 2.05) is 0 Å². The van der Waals surface area contributed by atoms with Crippen LogP contribution in [0.4, 0.5) is 5.95 Å². The van der Waals surface area contributed by atoms with Crippen LogP contribution in [0.15, 0.2) is 4.79 Å². The van der Waals surface area contributed by atoms with E-state index in [-0.39, 0.29) is 12.2 Å². The number of aromatic amines is 1. The molecular weight excluding hydrogens is 246 g/mol. The van der Waals surface area contributed by atoms with Crippen LogP contribution >= 0.6 is 0 Å². The van der Waals surface area contributed by atoms with Gasteiger partial charge in [-0.25, -0.2) is 4.98 Å². The summed E-state index contributed by atoms with van der Waals surface area (Å²) < 4.78 is 1.40. The lowest BCUT2D eigenvalue weighted by Crippen LogP contribution is -2.25. The molecular formula is C12H17N5O2. The number of H-pyrrole nitrogens is 1. The lowest BCUT2D eigenvalue weighted by Gasteiger charge is -2.12.